The number of amides is 1. The van der Waals surface area contributed by atoms with E-state index in [-0.39, 0.29) is 21.8 Å². The molecule has 0 N–H and O–H groups in total. The van der Waals surface area contributed by atoms with Crippen molar-refractivity contribution in [1.82, 2.24) is 10.2 Å². The lowest BCUT2D eigenvalue weighted by Gasteiger charge is -2.17. The zero-order valence-corrected chi connectivity index (χ0v) is 11.9. The van der Waals surface area contributed by atoms with Gasteiger partial charge in [0.05, 0.1) is 17.2 Å². The molecule has 5 nitrogen and oxygen atoms in total. The Labute approximate surface area is 125 Å². The second kappa shape index (κ2) is 5.87. The molecule has 0 atom stereocenters. The van der Waals surface area contributed by atoms with E-state index < -0.39 is 0 Å². The Kier molecular flexibility index (Phi) is 4.18. The molecule has 0 aliphatic heterocycles. The molecule has 0 bridgehead atoms. The predicted octanol–water partition coefficient (Wildman–Crippen LogP) is 2.93. The summed E-state index contributed by atoms with van der Waals surface area (Å²) in [6, 6.07) is 9.95. The SMILES string of the molecule is CN(C(=O)c1cc(Cl)nnc1Cl)c1ccc(C#N)cc1. The molecule has 2 rings (SSSR count). The van der Waals surface area contributed by atoms with E-state index in [9.17, 15) is 4.79 Å². The first-order valence-corrected chi connectivity index (χ1v) is 6.25. The molecule has 100 valence electrons. The zero-order chi connectivity index (χ0) is 14.7. The number of nitriles is 1. The summed E-state index contributed by atoms with van der Waals surface area (Å²) in [5.41, 5.74) is 1.30. The molecule has 0 aliphatic carbocycles. The van der Waals surface area contributed by atoms with Crippen molar-refractivity contribution in [2.75, 3.05) is 11.9 Å². The first-order chi connectivity index (χ1) is 9.52. The minimum Gasteiger partial charge on any atom is -0.311 e. The van der Waals surface area contributed by atoms with Crippen LogP contribution in [0.5, 0.6) is 0 Å². The quantitative estimate of drug-likeness (QED) is 0.855. The largest absolute Gasteiger partial charge is 0.311 e. The minimum absolute atomic E-state index is 0.0140. The van der Waals surface area contributed by atoms with Gasteiger partial charge < -0.3 is 4.90 Å². The normalized spacial score (nSPS) is 9.90. The van der Waals surface area contributed by atoms with Gasteiger partial charge in [0.2, 0.25) is 0 Å². The molecule has 0 radical (unpaired) electrons. The van der Waals surface area contributed by atoms with Crippen molar-refractivity contribution in [3.05, 3.63) is 51.8 Å². The summed E-state index contributed by atoms with van der Waals surface area (Å²) in [5.74, 6) is -0.364. The number of halogens is 2. The lowest BCUT2D eigenvalue weighted by Crippen LogP contribution is -2.26. The van der Waals surface area contributed by atoms with Crippen LogP contribution < -0.4 is 4.90 Å². The molecule has 0 spiro atoms. The summed E-state index contributed by atoms with van der Waals surface area (Å²) >= 11 is 11.6. The summed E-state index contributed by atoms with van der Waals surface area (Å²) in [4.78, 5) is 13.7. The van der Waals surface area contributed by atoms with Gasteiger partial charge in [-0.2, -0.15) is 5.26 Å². The van der Waals surface area contributed by atoms with Crippen LogP contribution in [0, 0.1) is 11.3 Å². The fraction of sp³-hybridized carbons (Fsp3) is 0.0769. The smallest absolute Gasteiger partial charge is 0.261 e. The van der Waals surface area contributed by atoms with E-state index in [1.165, 1.54) is 11.0 Å². The van der Waals surface area contributed by atoms with Gasteiger partial charge in [0.1, 0.15) is 0 Å². The number of carbonyl (C=O) groups is 1. The zero-order valence-electron chi connectivity index (χ0n) is 10.3. The Morgan fingerprint density at radius 3 is 2.50 bits per heavy atom. The molecule has 20 heavy (non-hydrogen) atoms. The summed E-state index contributed by atoms with van der Waals surface area (Å²) in [5, 5.41) is 16.0. The average molecular weight is 307 g/mol. The molecule has 1 aromatic heterocycles. The van der Waals surface area contributed by atoms with Crippen molar-refractivity contribution >= 4 is 34.8 Å². The number of carbonyl (C=O) groups excluding carboxylic acids is 1. The maximum atomic E-state index is 12.3. The van der Waals surface area contributed by atoms with Crippen molar-refractivity contribution in [1.29, 1.82) is 5.26 Å². The van der Waals surface area contributed by atoms with Crippen molar-refractivity contribution in [2.45, 2.75) is 0 Å². The maximum Gasteiger partial charge on any atom is 0.261 e. The molecule has 1 aromatic carbocycles. The number of hydrogen-bond donors (Lipinski definition) is 0. The van der Waals surface area contributed by atoms with E-state index >= 15 is 0 Å². The fourth-order valence-corrected chi connectivity index (χ4v) is 1.88. The number of hydrogen-bond acceptors (Lipinski definition) is 4. The van der Waals surface area contributed by atoms with E-state index in [0.717, 1.165) is 0 Å². The van der Waals surface area contributed by atoms with Crippen LogP contribution in [-0.4, -0.2) is 23.2 Å². The summed E-state index contributed by atoms with van der Waals surface area (Å²) in [7, 11) is 1.59. The van der Waals surface area contributed by atoms with Gasteiger partial charge in [-0.25, -0.2) is 0 Å². The topological polar surface area (TPSA) is 69.9 Å². The number of aromatic nitrogens is 2. The third-order valence-electron chi connectivity index (χ3n) is 2.64. The van der Waals surface area contributed by atoms with Crippen LogP contribution >= 0.6 is 23.2 Å². The second-order valence-corrected chi connectivity index (χ2v) is 4.64. The van der Waals surface area contributed by atoms with E-state index in [0.29, 0.717) is 11.3 Å². The van der Waals surface area contributed by atoms with E-state index in [1.807, 2.05) is 6.07 Å². The molecule has 2 aromatic rings. The number of rotatable bonds is 2. The molecule has 1 heterocycles. The van der Waals surface area contributed by atoms with Crippen LogP contribution in [-0.2, 0) is 0 Å². The van der Waals surface area contributed by atoms with Gasteiger partial charge in [0.15, 0.2) is 10.3 Å². The molecule has 0 saturated heterocycles. The minimum atomic E-state index is -0.364. The van der Waals surface area contributed by atoms with Crippen LogP contribution in [0.1, 0.15) is 15.9 Å². The predicted molar refractivity (Wildman–Crippen MR) is 75.9 cm³/mol. The molecule has 7 heteroatoms. The number of benzene rings is 1. The Hall–Kier alpha value is -2.16. The first kappa shape index (κ1) is 14.3. The van der Waals surface area contributed by atoms with Gasteiger partial charge in [0.25, 0.3) is 5.91 Å². The van der Waals surface area contributed by atoms with Crippen LogP contribution in [0.4, 0.5) is 5.69 Å². The first-order valence-electron chi connectivity index (χ1n) is 5.50. The van der Waals surface area contributed by atoms with Crippen molar-refractivity contribution in [2.24, 2.45) is 0 Å². The lowest BCUT2D eigenvalue weighted by molar-refractivity contribution is 0.0992. The van der Waals surface area contributed by atoms with E-state index in [1.54, 1.807) is 31.3 Å². The Balaban J connectivity index is 2.32. The second-order valence-electron chi connectivity index (χ2n) is 3.89. The third kappa shape index (κ3) is 2.87. The summed E-state index contributed by atoms with van der Waals surface area (Å²) < 4.78 is 0. The number of anilines is 1. The van der Waals surface area contributed by atoms with Crippen molar-refractivity contribution < 1.29 is 4.79 Å². The summed E-state index contributed by atoms with van der Waals surface area (Å²) in [6.07, 6.45) is 0. The fourth-order valence-electron chi connectivity index (χ4n) is 1.56. The molecular weight excluding hydrogens is 299 g/mol. The summed E-state index contributed by atoms with van der Waals surface area (Å²) in [6.45, 7) is 0. The highest BCUT2D eigenvalue weighted by molar-refractivity contribution is 6.34. The molecular formula is C13H8Cl2N4O. The van der Waals surface area contributed by atoms with Gasteiger partial charge in [-0.3, -0.25) is 4.79 Å². The van der Waals surface area contributed by atoms with Gasteiger partial charge in [-0.15, -0.1) is 10.2 Å². The van der Waals surface area contributed by atoms with Crippen LogP contribution in [0.3, 0.4) is 0 Å². The van der Waals surface area contributed by atoms with E-state index in [4.69, 9.17) is 28.5 Å². The van der Waals surface area contributed by atoms with Crippen LogP contribution in [0.25, 0.3) is 0 Å². The lowest BCUT2D eigenvalue weighted by atomic mass is 10.2. The molecule has 0 aliphatic rings. The van der Waals surface area contributed by atoms with Gasteiger partial charge >= 0.3 is 0 Å². The average Bonchev–Trinajstić information content (AvgIpc) is 2.48. The van der Waals surface area contributed by atoms with Crippen molar-refractivity contribution in [3.63, 3.8) is 0 Å². The monoisotopic (exact) mass is 306 g/mol. The standard InChI is InChI=1S/C13H8Cl2N4O/c1-19(9-4-2-8(7-16)3-5-9)13(20)10-6-11(14)17-18-12(10)15/h2-6H,1H3. The molecule has 1 amide bonds. The highest BCUT2D eigenvalue weighted by Gasteiger charge is 2.18. The molecule has 0 saturated carbocycles. The molecule has 0 unspecified atom stereocenters. The molecule has 0 fully saturated rings. The van der Waals surface area contributed by atoms with Gasteiger partial charge in [-0.05, 0) is 30.3 Å². The highest BCUT2D eigenvalue weighted by Crippen LogP contribution is 2.21. The Bertz CT molecular complexity index is 695. The number of nitrogens with zero attached hydrogens (tertiary/aromatic N) is 4. The highest BCUT2D eigenvalue weighted by atomic mass is 35.5. The van der Waals surface area contributed by atoms with Gasteiger partial charge in [0, 0.05) is 12.7 Å². The maximum absolute atomic E-state index is 12.3. The van der Waals surface area contributed by atoms with Gasteiger partial charge in [-0.1, -0.05) is 23.2 Å². The van der Waals surface area contributed by atoms with Crippen LogP contribution in [0.2, 0.25) is 10.3 Å². The third-order valence-corrected chi connectivity index (χ3v) is 3.10. The Morgan fingerprint density at radius 2 is 1.90 bits per heavy atom. The Morgan fingerprint density at radius 1 is 1.25 bits per heavy atom. The van der Waals surface area contributed by atoms with E-state index in [2.05, 4.69) is 10.2 Å². The van der Waals surface area contributed by atoms with Crippen molar-refractivity contribution in [3.8, 4) is 6.07 Å². The van der Waals surface area contributed by atoms with Crippen LogP contribution in [0.15, 0.2) is 30.3 Å².